The van der Waals surface area contributed by atoms with Crippen LogP contribution in [0, 0.1) is 0 Å². The third kappa shape index (κ3) is 1.53. The summed E-state index contributed by atoms with van der Waals surface area (Å²) in [6.07, 6.45) is 6.34. The third-order valence-corrected chi connectivity index (χ3v) is 3.53. The van der Waals surface area contributed by atoms with Gasteiger partial charge in [-0.15, -0.1) is 0 Å². The van der Waals surface area contributed by atoms with E-state index in [2.05, 4.69) is 12.1 Å². The molecule has 0 aromatic heterocycles. The van der Waals surface area contributed by atoms with Gasteiger partial charge in [-0.3, -0.25) is 0 Å². The van der Waals surface area contributed by atoms with Crippen molar-refractivity contribution in [2.24, 2.45) is 5.73 Å². The summed E-state index contributed by atoms with van der Waals surface area (Å²) in [7, 11) is 0. The van der Waals surface area contributed by atoms with Crippen LogP contribution in [0.25, 0.3) is 0 Å². The van der Waals surface area contributed by atoms with Crippen molar-refractivity contribution in [2.45, 2.75) is 38.2 Å². The second kappa shape index (κ2) is 3.53. The Morgan fingerprint density at radius 2 is 1.87 bits per heavy atom. The van der Waals surface area contributed by atoms with Gasteiger partial charge in [0.25, 0.3) is 0 Å². The Bertz CT molecular complexity index is 351. The topological polar surface area (TPSA) is 35.2 Å². The van der Waals surface area contributed by atoms with Crippen LogP contribution in [0.15, 0.2) is 12.1 Å². The average molecular weight is 203 g/mol. The molecule has 1 unspecified atom stereocenters. The summed E-state index contributed by atoms with van der Waals surface area (Å²) in [5.41, 5.74) is 10.0. The molecule has 2 heteroatoms. The predicted molar refractivity (Wildman–Crippen MR) is 60.3 cm³/mol. The summed E-state index contributed by atoms with van der Waals surface area (Å²) in [5, 5.41) is 0. The second-order valence-corrected chi connectivity index (χ2v) is 4.62. The van der Waals surface area contributed by atoms with Crippen molar-refractivity contribution < 1.29 is 4.74 Å². The largest absolute Gasteiger partial charge is 0.488 e. The van der Waals surface area contributed by atoms with E-state index < -0.39 is 0 Å². The lowest BCUT2D eigenvalue weighted by Gasteiger charge is -2.16. The summed E-state index contributed by atoms with van der Waals surface area (Å²) in [4.78, 5) is 0. The highest BCUT2D eigenvalue weighted by atomic mass is 16.5. The summed E-state index contributed by atoms with van der Waals surface area (Å²) < 4.78 is 5.80. The van der Waals surface area contributed by atoms with Gasteiger partial charge in [-0.25, -0.2) is 0 Å². The van der Waals surface area contributed by atoms with Crippen molar-refractivity contribution in [3.8, 4) is 5.75 Å². The molecule has 80 valence electrons. The van der Waals surface area contributed by atoms with Crippen LogP contribution >= 0.6 is 0 Å². The molecular weight excluding hydrogens is 186 g/mol. The first kappa shape index (κ1) is 9.22. The summed E-state index contributed by atoms with van der Waals surface area (Å²) >= 11 is 0. The van der Waals surface area contributed by atoms with E-state index >= 15 is 0 Å². The molecule has 2 aliphatic rings. The number of hydrogen-bond donors (Lipinski definition) is 1. The van der Waals surface area contributed by atoms with Gasteiger partial charge in [0.2, 0.25) is 0 Å². The van der Waals surface area contributed by atoms with E-state index in [1.807, 2.05) is 0 Å². The lowest BCUT2D eigenvalue weighted by molar-refractivity contribution is 0.241. The summed E-state index contributed by atoms with van der Waals surface area (Å²) in [5.74, 6) is 1.09. The number of fused-ring (bicyclic) bond motifs is 2. The van der Waals surface area contributed by atoms with Crippen LogP contribution in [0.5, 0.6) is 5.75 Å². The van der Waals surface area contributed by atoms with E-state index in [1.165, 1.54) is 36.8 Å². The minimum Gasteiger partial charge on any atom is -0.488 e. The number of rotatable bonds is 1. The van der Waals surface area contributed by atoms with E-state index in [4.69, 9.17) is 10.5 Å². The molecule has 0 saturated carbocycles. The molecule has 1 aliphatic heterocycles. The Hall–Kier alpha value is -1.02. The van der Waals surface area contributed by atoms with Gasteiger partial charge in [-0.1, -0.05) is 6.07 Å². The monoisotopic (exact) mass is 203 g/mol. The molecule has 2 N–H and O–H groups in total. The highest BCUT2D eigenvalue weighted by Gasteiger charge is 2.23. The maximum atomic E-state index is 5.80. The maximum absolute atomic E-state index is 5.80. The SMILES string of the molecule is NCC1Cc2cc3c(cc2O1)CCCC3. The molecule has 0 spiro atoms. The standard InChI is InChI=1S/C13H17NO/c14-8-12-6-11-5-9-3-1-2-4-10(9)7-13(11)15-12/h5,7,12H,1-4,6,8,14H2. The smallest absolute Gasteiger partial charge is 0.123 e. The highest BCUT2D eigenvalue weighted by molar-refractivity contribution is 5.46. The van der Waals surface area contributed by atoms with E-state index in [0.717, 1.165) is 12.2 Å². The lowest BCUT2D eigenvalue weighted by Crippen LogP contribution is -2.24. The zero-order valence-electron chi connectivity index (χ0n) is 8.96. The van der Waals surface area contributed by atoms with Crippen molar-refractivity contribution in [2.75, 3.05) is 6.54 Å². The van der Waals surface area contributed by atoms with Crippen LogP contribution in [-0.2, 0) is 19.3 Å². The molecule has 0 radical (unpaired) electrons. The quantitative estimate of drug-likeness (QED) is 0.755. The molecule has 0 saturated heterocycles. The predicted octanol–water partition coefficient (Wildman–Crippen LogP) is 1.83. The molecule has 0 bridgehead atoms. The van der Waals surface area contributed by atoms with Crippen LogP contribution < -0.4 is 10.5 Å². The fraction of sp³-hybridized carbons (Fsp3) is 0.538. The fourth-order valence-electron chi connectivity index (χ4n) is 2.68. The molecule has 1 atom stereocenters. The second-order valence-electron chi connectivity index (χ2n) is 4.62. The van der Waals surface area contributed by atoms with Crippen molar-refractivity contribution in [3.05, 3.63) is 28.8 Å². The van der Waals surface area contributed by atoms with Crippen molar-refractivity contribution in [1.29, 1.82) is 0 Å². The lowest BCUT2D eigenvalue weighted by atomic mass is 9.89. The van der Waals surface area contributed by atoms with Crippen LogP contribution in [0.2, 0.25) is 0 Å². The number of ether oxygens (including phenoxy) is 1. The third-order valence-electron chi connectivity index (χ3n) is 3.53. The van der Waals surface area contributed by atoms with E-state index in [-0.39, 0.29) is 6.10 Å². The Morgan fingerprint density at radius 3 is 2.60 bits per heavy atom. The highest BCUT2D eigenvalue weighted by Crippen LogP contribution is 2.34. The van der Waals surface area contributed by atoms with Crippen LogP contribution in [0.4, 0.5) is 0 Å². The molecule has 1 aliphatic carbocycles. The average Bonchev–Trinajstić information content (AvgIpc) is 2.67. The van der Waals surface area contributed by atoms with Crippen molar-refractivity contribution >= 4 is 0 Å². The molecular formula is C13H17NO. The Morgan fingerprint density at radius 1 is 1.13 bits per heavy atom. The minimum absolute atomic E-state index is 0.212. The first-order valence-electron chi connectivity index (χ1n) is 5.88. The van der Waals surface area contributed by atoms with E-state index in [9.17, 15) is 0 Å². The van der Waals surface area contributed by atoms with Crippen molar-refractivity contribution in [1.82, 2.24) is 0 Å². The summed E-state index contributed by atoms with van der Waals surface area (Å²) in [6, 6.07) is 4.60. The van der Waals surface area contributed by atoms with Gasteiger partial charge in [0, 0.05) is 13.0 Å². The molecule has 1 aromatic rings. The zero-order chi connectivity index (χ0) is 10.3. The molecule has 15 heavy (non-hydrogen) atoms. The Balaban J connectivity index is 1.97. The van der Waals surface area contributed by atoms with E-state index in [1.54, 1.807) is 5.56 Å². The van der Waals surface area contributed by atoms with Gasteiger partial charge >= 0.3 is 0 Å². The number of benzene rings is 1. The first-order chi connectivity index (χ1) is 7.36. The van der Waals surface area contributed by atoms with Crippen molar-refractivity contribution in [3.63, 3.8) is 0 Å². The van der Waals surface area contributed by atoms with Crippen LogP contribution in [0.1, 0.15) is 29.5 Å². The van der Waals surface area contributed by atoms with Gasteiger partial charge in [0.1, 0.15) is 11.9 Å². The van der Waals surface area contributed by atoms with Gasteiger partial charge in [-0.2, -0.15) is 0 Å². The van der Waals surface area contributed by atoms with Gasteiger partial charge in [-0.05, 0) is 48.4 Å². The Kier molecular flexibility index (Phi) is 2.17. The normalized spacial score (nSPS) is 23.1. The van der Waals surface area contributed by atoms with Gasteiger partial charge in [0.15, 0.2) is 0 Å². The van der Waals surface area contributed by atoms with Crippen LogP contribution in [-0.4, -0.2) is 12.6 Å². The molecule has 0 fully saturated rings. The van der Waals surface area contributed by atoms with E-state index in [0.29, 0.717) is 6.54 Å². The zero-order valence-corrected chi connectivity index (χ0v) is 8.96. The molecule has 0 amide bonds. The molecule has 1 aromatic carbocycles. The summed E-state index contributed by atoms with van der Waals surface area (Å²) in [6.45, 7) is 0.624. The molecule has 2 nitrogen and oxygen atoms in total. The van der Waals surface area contributed by atoms with Crippen LogP contribution in [0.3, 0.4) is 0 Å². The van der Waals surface area contributed by atoms with Gasteiger partial charge in [0.05, 0.1) is 0 Å². The Labute approximate surface area is 90.4 Å². The maximum Gasteiger partial charge on any atom is 0.123 e. The minimum atomic E-state index is 0.212. The molecule has 1 heterocycles. The number of aryl methyl sites for hydroxylation is 2. The van der Waals surface area contributed by atoms with Gasteiger partial charge < -0.3 is 10.5 Å². The number of hydrogen-bond acceptors (Lipinski definition) is 2. The number of nitrogens with two attached hydrogens (primary N) is 1. The first-order valence-corrected chi connectivity index (χ1v) is 5.88. The molecule has 3 rings (SSSR count). The fourth-order valence-corrected chi connectivity index (χ4v) is 2.68.